The average molecular weight is 242 g/mol. The molecule has 1 aromatic rings. The van der Waals surface area contributed by atoms with Crippen LogP contribution in [0.4, 0.5) is 5.69 Å². The zero-order valence-corrected chi connectivity index (χ0v) is 9.82. The number of aromatic carboxylic acids is 1. The van der Waals surface area contributed by atoms with Crippen molar-refractivity contribution in [1.82, 2.24) is 0 Å². The van der Waals surface area contributed by atoms with Crippen LogP contribution in [0.3, 0.4) is 0 Å². The monoisotopic (exact) mass is 242 g/mol. The standard InChI is InChI=1S/C10H13NO4S/c1-3-16(14,15)11(2)9-6-4-8(5-7-9)10(12)13/h4-7H,3H2,1-2H3,(H,12,13)/p-1. The maximum Gasteiger partial charge on any atom is 0.234 e. The lowest BCUT2D eigenvalue weighted by Gasteiger charge is -2.18. The molecule has 1 aromatic carbocycles. The van der Waals surface area contributed by atoms with Gasteiger partial charge in [-0.3, -0.25) is 4.31 Å². The maximum absolute atomic E-state index is 11.5. The number of hydrogen-bond donors (Lipinski definition) is 0. The van der Waals surface area contributed by atoms with Crippen LogP contribution in [0.25, 0.3) is 0 Å². The molecule has 0 aliphatic carbocycles. The number of hydrogen-bond acceptors (Lipinski definition) is 4. The van der Waals surface area contributed by atoms with E-state index in [1.54, 1.807) is 6.92 Å². The number of carboxylic acids is 1. The first kappa shape index (κ1) is 12.5. The van der Waals surface area contributed by atoms with Crippen LogP contribution in [-0.2, 0) is 10.0 Å². The molecule has 88 valence electrons. The highest BCUT2D eigenvalue weighted by molar-refractivity contribution is 7.92. The Kier molecular flexibility index (Phi) is 3.54. The van der Waals surface area contributed by atoms with E-state index in [-0.39, 0.29) is 11.3 Å². The molecule has 0 saturated carbocycles. The van der Waals surface area contributed by atoms with Crippen molar-refractivity contribution in [2.75, 3.05) is 17.1 Å². The molecule has 0 fully saturated rings. The Bertz CT molecular complexity index is 478. The minimum absolute atomic E-state index is 0.00820. The van der Waals surface area contributed by atoms with E-state index < -0.39 is 16.0 Å². The van der Waals surface area contributed by atoms with Gasteiger partial charge in [-0.1, -0.05) is 12.1 Å². The third-order valence-electron chi connectivity index (χ3n) is 2.25. The van der Waals surface area contributed by atoms with Gasteiger partial charge in [0.1, 0.15) is 0 Å². The molecule has 0 heterocycles. The molecule has 1 rings (SSSR count). The number of benzene rings is 1. The highest BCUT2D eigenvalue weighted by atomic mass is 32.2. The number of anilines is 1. The molecule has 5 nitrogen and oxygen atoms in total. The third-order valence-corrected chi connectivity index (χ3v) is 4.02. The number of sulfonamides is 1. The van der Waals surface area contributed by atoms with Crippen molar-refractivity contribution >= 4 is 21.7 Å². The zero-order valence-electron chi connectivity index (χ0n) is 9.00. The molecule has 0 aliphatic rings. The molecule has 0 unspecified atom stereocenters. The van der Waals surface area contributed by atoms with Gasteiger partial charge in [0.05, 0.1) is 17.4 Å². The normalized spacial score (nSPS) is 11.1. The predicted octanol–water partition coefficient (Wildman–Crippen LogP) is -0.164. The molecule has 0 aliphatic heterocycles. The summed E-state index contributed by atoms with van der Waals surface area (Å²) in [6, 6.07) is 5.48. The van der Waals surface area contributed by atoms with Crippen LogP contribution in [0, 0.1) is 0 Å². The number of carboxylic acid groups (broad SMARTS) is 1. The summed E-state index contributed by atoms with van der Waals surface area (Å²) in [6.45, 7) is 1.54. The van der Waals surface area contributed by atoms with Crippen molar-refractivity contribution in [2.24, 2.45) is 0 Å². The van der Waals surface area contributed by atoms with Crippen molar-refractivity contribution in [3.63, 3.8) is 0 Å². The summed E-state index contributed by atoms with van der Waals surface area (Å²) in [7, 11) is -1.89. The summed E-state index contributed by atoms with van der Waals surface area (Å²) in [5.74, 6) is -1.29. The Balaban J connectivity index is 3.03. The van der Waals surface area contributed by atoms with Gasteiger partial charge in [0, 0.05) is 7.05 Å². The molecule has 0 aromatic heterocycles. The Morgan fingerprint density at radius 2 is 1.81 bits per heavy atom. The largest absolute Gasteiger partial charge is 0.545 e. The second kappa shape index (κ2) is 4.52. The van der Waals surface area contributed by atoms with Gasteiger partial charge in [0.2, 0.25) is 10.0 Å². The van der Waals surface area contributed by atoms with Gasteiger partial charge in [-0.05, 0) is 24.6 Å². The van der Waals surface area contributed by atoms with Crippen LogP contribution in [0.1, 0.15) is 17.3 Å². The smallest absolute Gasteiger partial charge is 0.234 e. The molecular weight excluding hydrogens is 230 g/mol. The van der Waals surface area contributed by atoms with E-state index >= 15 is 0 Å². The maximum atomic E-state index is 11.5. The summed E-state index contributed by atoms with van der Waals surface area (Å²) < 4.78 is 24.1. The topological polar surface area (TPSA) is 77.5 Å². The molecule has 6 heteroatoms. The molecule has 0 atom stereocenters. The van der Waals surface area contributed by atoms with E-state index in [1.165, 1.54) is 31.3 Å². The predicted molar refractivity (Wildman–Crippen MR) is 58.6 cm³/mol. The summed E-state index contributed by atoms with van der Waals surface area (Å²) in [6.07, 6.45) is 0. The minimum Gasteiger partial charge on any atom is -0.545 e. The number of rotatable bonds is 4. The fraction of sp³-hybridized carbons (Fsp3) is 0.300. The van der Waals surface area contributed by atoms with Gasteiger partial charge >= 0.3 is 0 Å². The van der Waals surface area contributed by atoms with Crippen LogP contribution in [-0.4, -0.2) is 27.2 Å². The zero-order chi connectivity index (χ0) is 12.3. The minimum atomic E-state index is -3.31. The van der Waals surface area contributed by atoms with Gasteiger partial charge in [-0.15, -0.1) is 0 Å². The van der Waals surface area contributed by atoms with E-state index in [4.69, 9.17) is 0 Å². The van der Waals surface area contributed by atoms with Crippen LogP contribution in [0.2, 0.25) is 0 Å². The van der Waals surface area contributed by atoms with Crippen molar-refractivity contribution < 1.29 is 18.3 Å². The third kappa shape index (κ3) is 2.52. The quantitative estimate of drug-likeness (QED) is 0.734. The fourth-order valence-electron chi connectivity index (χ4n) is 1.16. The number of nitrogens with zero attached hydrogens (tertiary/aromatic N) is 1. The molecule has 0 saturated heterocycles. The Hall–Kier alpha value is -1.56. The van der Waals surface area contributed by atoms with Crippen LogP contribution in [0.15, 0.2) is 24.3 Å². The molecule has 0 spiro atoms. The van der Waals surface area contributed by atoms with E-state index in [1.807, 2.05) is 0 Å². The summed E-state index contributed by atoms with van der Waals surface area (Å²) in [5, 5.41) is 10.5. The van der Waals surface area contributed by atoms with Crippen molar-refractivity contribution in [3.8, 4) is 0 Å². The second-order valence-corrected chi connectivity index (χ2v) is 5.49. The molecule has 16 heavy (non-hydrogen) atoms. The lowest BCUT2D eigenvalue weighted by atomic mass is 10.2. The summed E-state index contributed by atoms with van der Waals surface area (Å²) in [4.78, 5) is 10.5. The van der Waals surface area contributed by atoms with Crippen molar-refractivity contribution in [1.29, 1.82) is 0 Å². The molecule has 0 N–H and O–H groups in total. The molecule has 0 amide bonds. The van der Waals surface area contributed by atoms with E-state index in [2.05, 4.69) is 0 Å². The Morgan fingerprint density at radius 3 is 2.19 bits per heavy atom. The highest BCUT2D eigenvalue weighted by Crippen LogP contribution is 2.16. The van der Waals surface area contributed by atoms with Crippen molar-refractivity contribution in [3.05, 3.63) is 29.8 Å². The lowest BCUT2D eigenvalue weighted by molar-refractivity contribution is -0.255. The van der Waals surface area contributed by atoms with Gasteiger partial charge in [0.25, 0.3) is 0 Å². The second-order valence-electron chi connectivity index (χ2n) is 3.20. The first-order chi connectivity index (χ1) is 7.38. The first-order valence-corrected chi connectivity index (χ1v) is 6.27. The number of carbonyl (C=O) groups excluding carboxylic acids is 1. The fourth-order valence-corrected chi connectivity index (χ4v) is 1.99. The van der Waals surface area contributed by atoms with Crippen LogP contribution in [0.5, 0.6) is 0 Å². The SMILES string of the molecule is CCS(=O)(=O)N(C)c1ccc(C(=O)[O-])cc1. The van der Waals surface area contributed by atoms with E-state index in [0.717, 1.165) is 4.31 Å². The van der Waals surface area contributed by atoms with Crippen molar-refractivity contribution in [2.45, 2.75) is 6.92 Å². The highest BCUT2D eigenvalue weighted by Gasteiger charge is 2.15. The first-order valence-electron chi connectivity index (χ1n) is 4.66. The van der Waals surface area contributed by atoms with E-state index in [9.17, 15) is 18.3 Å². The Labute approximate surface area is 94.4 Å². The van der Waals surface area contributed by atoms with Crippen LogP contribution >= 0.6 is 0 Å². The van der Waals surface area contributed by atoms with Gasteiger partial charge in [-0.2, -0.15) is 0 Å². The van der Waals surface area contributed by atoms with Gasteiger partial charge in [-0.25, -0.2) is 8.42 Å². The molecular formula is C10H12NO4S-. The van der Waals surface area contributed by atoms with Gasteiger partial charge in [0.15, 0.2) is 0 Å². The van der Waals surface area contributed by atoms with Gasteiger partial charge < -0.3 is 9.90 Å². The molecule has 0 radical (unpaired) electrons. The summed E-state index contributed by atoms with van der Waals surface area (Å²) >= 11 is 0. The molecule has 0 bridgehead atoms. The van der Waals surface area contributed by atoms with E-state index in [0.29, 0.717) is 5.69 Å². The summed E-state index contributed by atoms with van der Waals surface area (Å²) in [5.41, 5.74) is 0.442. The average Bonchev–Trinajstić information content (AvgIpc) is 2.28. The lowest BCUT2D eigenvalue weighted by Crippen LogP contribution is -2.28. The van der Waals surface area contributed by atoms with Crippen LogP contribution < -0.4 is 9.41 Å². The number of carbonyl (C=O) groups is 1. The Morgan fingerprint density at radius 1 is 1.31 bits per heavy atom.